The van der Waals surface area contributed by atoms with Gasteiger partial charge in [0.1, 0.15) is 18.5 Å². The Labute approximate surface area is 121 Å². The molecule has 2 aliphatic heterocycles. The largest absolute Gasteiger partial charge is 0.490 e. The van der Waals surface area contributed by atoms with Gasteiger partial charge in [-0.15, -0.1) is 0 Å². The summed E-state index contributed by atoms with van der Waals surface area (Å²) in [5.74, 6) is 2.37. The standard InChI is InChI=1S/C17H25NO2/c1-11-7-12(2)9-18(8-11)16-14-6-4-5-13(3)17(14)20-10-15(16)19/h4-6,11-12,15-16,19H,7-10H2,1-3H3. The Balaban J connectivity index is 1.94. The molecular weight excluding hydrogens is 250 g/mol. The van der Waals surface area contributed by atoms with E-state index in [9.17, 15) is 5.11 Å². The third-order valence-electron chi connectivity index (χ3n) is 4.61. The summed E-state index contributed by atoms with van der Waals surface area (Å²) >= 11 is 0. The third-order valence-corrected chi connectivity index (χ3v) is 4.61. The molecule has 1 aromatic rings. The first kappa shape index (κ1) is 13.9. The molecule has 3 nitrogen and oxygen atoms in total. The fourth-order valence-electron chi connectivity index (χ4n) is 3.95. The highest BCUT2D eigenvalue weighted by Crippen LogP contribution is 2.40. The molecule has 0 bridgehead atoms. The molecule has 0 aromatic heterocycles. The molecule has 1 saturated heterocycles. The highest BCUT2D eigenvalue weighted by molar-refractivity contribution is 5.44. The number of aryl methyl sites for hydroxylation is 1. The predicted molar refractivity (Wildman–Crippen MR) is 79.9 cm³/mol. The number of ether oxygens (including phenoxy) is 1. The average molecular weight is 275 g/mol. The summed E-state index contributed by atoms with van der Waals surface area (Å²) in [6.45, 7) is 9.24. The summed E-state index contributed by atoms with van der Waals surface area (Å²) in [5.41, 5.74) is 2.32. The van der Waals surface area contributed by atoms with E-state index in [-0.39, 0.29) is 6.04 Å². The van der Waals surface area contributed by atoms with Crippen LogP contribution >= 0.6 is 0 Å². The molecule has 0 aliphatic carbocycles. The summed E-state index contributed by atoms with van der Waals surface area (Å²) < 4.78 is 5.76. The number of fused-ring (bicyclic) bond motifs is 1. The van der Waals surface area contributed by atoms with Crippen LogP contribution in [0.15, 0.2) is 18.2 Å². The molecule has 110 valence electrons. The van der Waals surface area contributed by atoms with Gasteiger partial charge >= 0.3 is 0 Å². The Kier molecular flexibility index (Phi) is 3.74. The van der Waals surface area contributed by atoms with E-state index in [2.05, 4.69) is 43.9 Å². The van der Waals surface area contributed by atoms with Crippen LogP contribution in [0.25, 0.3) is 0 Å². The number of likely N-dealkylation sites (tertiary alicyclic amines) is 1. The van der Waals surface area contributed by atoms with Crippen molar-refractivity contribution < 1.29 is 9.84 Å². The molecule has 4 atom stereocenters. The summed E-state index contributed by atoms with van der Waals surface area (Å²) in [4.78, 5) is 2.46. The molecule has 2 heterocycles. The van der Waals surface area contributed by atoms with E-state index in [0.717, 1.165) is 30.0 Å². The van der Waals surface area contributed by atoms with Crippen LogP contribution in [0.2, 0.25) is 0 Å². The van der Waals surface area contributed by atoms with Crippen molar-refractivity contribution in [3.8, 4) is 5.75 Å². The van der Waals surface area contributed by atoms with Gasteiger partial charge in [0.05, 0.1) is 6.04 Å². The number of rotatable bonds is 1. The van der Waals surface area contributed by atoms with Gasteiger partial charge in [-0.3, -0.25) is 4.90 Å². The quantitative estimate of drug-likeness (QED) is 0.855. The zero-order valence-electron chi connectivity index (χ0n) is 12.7. The van der Waals surface area contributed by atoms with E-state index in [1.807, 2.05) is 0 Å². The number of nitrogens with zero attached hydrogens (tertiary/aromatic N) is 1. The molecule has 3 heteroatoms. The SMILES string of the molecule is Cc1cccc2c1OCC(O)C2N1CC(C)CC(C)C1. The summed E-state index contributed by atoms with van der Waals surface area (Å²) in [7, 11) is 0. The van der Waals surface area contributed by atoms with E-state index in [1.54, 1.807) is 0 Å². The molecule has 2 aliphatic rings. The van der Waals surface area contributed by atoms with Crippen molar-refractivity contribution in [2.24, 2.45) is 11.8 Å². The van der Waals surface area contributed by atoms with Crippen molar-refractivity contribution in [3.05, 3.63) is 29.3 Å². The topological polar surface area (TPSA) is 32.7 Å². The number of hydrogen-bond donors (Lipinski definition) is 1. The molecule has 4 unspecified atom stereocenters. The summed E-state index contributed by atoms with van der Waals surface area (Å²) in [6, 6.07) is 6.34. The van der Waals surface area contributed by atoms with Crippen LogP contribution in [0.3, 0.4) is 0 Å². The fraction of sp³-hybridized carbons (Fsp3) is 0.647. The highest BCUT2D eigenvalue weighted by Gasteiger charge is 2.37. The van der Waals surface area contributed by atoms with Crippen molar-refractivity contribution in [1.82, 2.24) is 4.90 Å². The maximum Gasteiger partial charge on any atom is 0.127 e. The molecule has 1 fully saturated rings. The molecule has 0 saturated carbocycles. The van der Waals surface area contributed by atoms with Crippen LogP contribution in [-0.2, 0) is 0 Å². The molecule has 0 amide bonds. The predicted octanol–water partition coefficient (Wildman–Crippen LogP) is 2.77. The van der Waals surface area contributed by atoms with Crippen LogP contribution in [0.1, 0.15) is 37.4 Å². The van der Waals surface area contributed by atoms with Crippen molar-refractivity contribution in [2.75, 3.05) is 19.7 Å². The second-order valence-electron chi connectivity index (χ2n) is 6.72. The number of aliphatic hydroxyl groups is 1. The molecule has 1 aromatic carbocycles. The zero-order chi connectivity index (χ0) is 14.3. The minimum atomic E-state index is -0.429. The normalized spacial score (nSPS) is 34.4. The lowest BCUT2D eigenvalue weighted by Gasteiger charge is -2.44. The second kappa shape index (κ2) is 5.38. The number of benzene rings is 1. The second-order valence-corrected chi connectivity index (χ2v) is 6.72. The molecule has 0 radical (unpaired) electrons. The van der Waals surface area contributed by atoms with Crippen molar-refractivity contribution in [3.63, 3.8) is 0 Å². The van der Waals surface area contributed by atoms with Gasteiger partial charge in [-0.2, -0.15) is 0 Å². The fourth-order valence-corrected chi connectivity index (χ4v) is 3.95. The van der Waals surface area contributed by atoms with Crippen LogP contribution in [-0.4, -0.2) is 35.8 Å². The Morgan fingerprint density at radius 1 is 1.20 bits per heavy atom. The van der Waals surface area contributed by atoms with Gasteiger partial charge in [0.25, 0.3) is 0 Å². The number of para-hydroxylation sites is 1. The summed E-state index contributed by atoms with van der Waals surface area (Å²) in [5, 5.41) is 10.5. The third kappa shape index (κ3) is 2.45. The average Bonchev–Trinajstić information content (AvgIpc) is 2.37. The number of hydrogen-bond acceptors (Lipinski definition) is 3. The maximum atomic E-state index is 10.5. The van der Waals surface area contributed by atoms with Gasteiger partial charge in [-0.1, -0.05) is 32.0 Å². The molecule has 3 rings (SSSR count). The maximum absolute atomic E-state index is 10.5. The van der Waals surface area contributed by atoms with Gasteiger partial charge in [0.2, 0.25) is 0 Å². The van der Waals surface area contributed by atoms with E-state index in [4.69, 9.17) is 4.74 Å². The van der Waals surface area contributed by atoms with E-state index in [1.165, 1.54) is 6.42 Å². The molecule has 0 spiro atoms. The Morgan fingerprint density at radius 2 is 1.90 bits per heavy atom. The first-order valence-electron chi connectivity index (χ1n) is 7.70. The first-order chi connectivity index (χ1) is 9.56. The number of aliphatic hydroxyl groups excluding tert-OH is 1. The minimum absolute atomic E-state index is 0.0869. The van der Waals surface area contributed by atoms with Gasteiger partial charge in [0.15, 0.2) is 0 Å². The highest BCUT2D eigenvalue weighted by atomic mass is 16.5. The molecular formula is C17H25NO2. The molecule has 1 N–H and O–H groups in total. The van der Waals surface area contributed by atoms with Gasteiger partial charge in [-0.05, 0) is 30.7 Å². The van der Waals surface area contributed by atoms with Crippen molar-refractivity contribution >= 4 is 0 Å². The van der Waals surface area contributed by atoms with Gasteiger partial charge in [0, 0.05) is 18.7 Å². The lowest BCUT2D eigenvalue weighted by Crippen LogP contribution is -2.48. The minimum Gasteiger partial charge on any atom is -0.490 e. The summed E-state index contributed by atoms with van der Waals surface area (Å²) in [6.07, 6.45) is 0.859. The first-order valence-corrected chi connectivity index (χ1v) is 7.70. The van der Waals surface area contributed by atoms with Crippen LogP contribution in [0.4, 0.5) is 0 Å². The van der Waals surface area contributed by atoms with E-state index in [0.29, 0.717) is 18.4 Å². The van der Waals surface area contributed by atoms with Crippen molar-refractivity contribution in [1.29, 1.82) is 0 Å². The van der Waals surface area contributed by atoms with Crippen LogP contribution < -0.4 is 4.74 Å². The lowest BCUT2D eigenvalue weighted by atomic mass is 9.87. The Bertz CT molecular complexity index is 478. The van der Waals surface area contributed by atoms with E-state index < -0.39 is 6.10 Å². The van der Waals surface area contributed by atoms with Crippen molar-refractivity contribution in [2.45, 2.75) is 39.3 Å². The monoisotopic (exact) mass is 275 g/mol. The zero-order valence-corrected chi connectivity index (χ0v) is 12.7. The lowest BCUT2D eigenvalue weighted by molar-refractivity contribution is -0.0232. The number of piperidine rings is 1. The van der Waals surface area contributed by atoms with E-state index >= 15 is 0 Å². The Hall–Kier alpha value is -1.06. The van der Waals surface area contributed by atoms with Crippen LogP contribution in [0.5, 0.6) is 5.75 Å². The van der Waals surface area contributed by atoms with Gasteiger partial charge < -0.3 is 9.84 Å². The Morgan fingerprint density at radius 3 is 2.60 bits per heavy atom. The van der Waals surface area contributed by atoms with Crippen LogP contribution in [0, 0.1) is 18.8 Å². The smallest absolute Gasteiger partial charge is 0.127 e. The van der Waals surface area contributed by atoms with Gasteiger partial charge in [-0.25, -0.2) is 0 Å². The molecule has 20 heavy (non-hydrogen) atoms.